The molecule has 14 heavy (non-hydrogen) atoms. The van der Waals surface area contributed by atoms with Crippen molar-refractivity contribution >= 4 is 15.9 Å². The van der Waals surface area contributed by atoms with Crippen LogP contribution in [-0.2, 0) is 6.42 Å². The molecule has 0 aromatic heterocycles. The van der Waals surface area contributed by atoms with E-state index < -0.39 is 0 Å². The summed E-state index contributed by atoms with van der Waals surface area (Å²) in [6.45, 7) is 0. The lowest BCUT2D eigenvalue weighted by Crippen LogP contribution is -1.86. The molecule has 2 rings (SSSR count). The van der Waals surface area contributed by atoms with Crippen LogP contribution in [0.4, 0.5) is 0 Å². The number of rotatable bonds is 2. The number of benzene rings is 2. The zero-order chi connectivity index (χ0) is 9.80. The molecule has 69 valence electrons. The topological polar surface area (TPSA) is 0 Å². The summed E-state index contributed by atoms with van der Waals surface area (Å²) < 4.78 is 1.02. The second-order valence-corrected chi connectivity index (χ2v) is 4.06. The van der Waals surface area contributed by atoms with E-state index in [9.17, 15) is 0 Å². The second kappa shape index (κ2) is 4.43. The van der Waals surface area contributed by atoms with Gasteiger partial charge in [-0.1, -0.05) is 58.4 Å². The minimum Gasteiger partial charge on any atom is -0.0622 e. The maximum Gasteiger partial charge on any atom is 0.0256 e. The van der Waals surface area contributed by atoms with Gasteiger partial charge >= 0.3 is 0 Å². The van der Waals surface area contributed by atoms with Crippen LogP contribution < -0.4 is 0 Å². The summed E-state index contributed by atoms with van der Waals surface area (Å²) in [5, 5.41) is 0. The van der Waals surface area contributed by atoms with Crippen molar-refractivity contribution < 1.29 is 0 Å². The Labute approximate surface area is 92.7 Å². The van der Waals surface area contributed by atoms with E-state index >= 15 is 0 Å². The summed E-state index contributed by atoms with van der Waals surface area (Å²) in [4.78, 5) is 0. The molecule has 0 bridgehead atoms. The number of halogens is 1. The third-order valence-corrected chi connectivity index (χ3v) is 2.54. The van der Waals surface area contributed by atoms with Gasteiger partial charge in [-0.15, -0.1) is 0 Å². The lowest BCUT2D eigenvalue weighted by atomic mass is 10.1. The van der Waals surface area contributed by atoms with Crippen molar-refractivity contribution in [3.05, 3.63) is 70.2 Å². The Morgan fingerprint density at radius 2 is 1.79 bits per heavy atom. The van der Waals surface area contributed by atoms with E-state index in [0.29, 0.717) is 0 Å². The van der Waals surface area contributed by atoms with Crippen molar-refractivity contribution in [3.63, 3.8) is 0 Å². The first-order valence-corrected chi connectivity index (χ1v) is 5.34. The molecule has 0 N–H and O–H groups in total. The third-order valence-electron chi connectivity index (χ3n) is 2.08. The van der Waals surface area contributed by atoms with Crippen LogP contribution >= 0.6 is 15.9 Å². The van der Waals surface area contributed by atoms with Crippen molar-refractivity contribution in [2.45, 2.75) is 6.42 Å². The minimum atomic E-state index is 0.980. The van der Waals surface area contributed by atoms with Gasteiger partial charge in [-0.25, -0.2) is 0 Å². The molecule has 0 unspecified atom stereocenters. The van der Waals surface area contributed by atoms with E-state index in [1.165, 1.54) is 11.1 Å². The van der Waals surface area contributed by atoms with Gasteiger partial charge in [0.1, 0.15) is 0 Å². The lowest BCUT2D eigenvalue weighted by Gasteiger charge is -2.01. The highest BCUT2D eigenvalue weighted by atomic mass is 79.9. The Kier molecular flexibility index (Phi) is 3.00. The van der Waals surface area contributed by atoms with Gasteiger partial charge in [0.2, 0.25) is 0 Å². The van der Waals surface area contributed by atoms with Gasteiger partial charge in [-0.2, -0.15) is 0 Å². The number of hydrogen-bond acceptors (Lipinski definition) is 0. The standard InChI is InChI=1S/C13H10Br/c14-13-8-4-7-12(10-13)9-11-5-2-1-3-6-11/h1-7,10H,9H2. The molecule has 0 aliphatic heterocycles. The fourth-order valence-electron chi connectivity index (χ4n) is 1.42. The maximum atomic E-state index is 3.42. The average molecular weight is 246 g/mol. The highest BCUT2D eigenvalue weighted by Crippen LogP contribution is 2.14. The van der Waals surface area contributed by atoms with E-state index in [4.69, 9.17) is 0 Å². The molecule has 0 saturated heterocycles. The van der Waals surface area contributed by atoms with Gasteiger partial charge < -0.3 is 0 Å². The van der Waals surface area contributed by atoms with E-state index in [0.717, 1.165) is 10.9 Å². The first-order valence-electron chi connectivity index (χ1n) is 4.54. The first kappa shape index (κ1) is 9.47. The van der Waals surface area contributed by atoms with Crippen LogP contribution in [0.25, 0.3) is 0 Å². The number of hydrogen-bond donors (Lipinski definition) is 0. The Balaban J connectivity index is 2.19. The van der Waals surface area contributed by atoms with Crippen LogP contribution in [0, 0.1) is 6.07 Å². The molecule has 0 heterocycles. The van der Waals surface area contributed by atoms with E-state index in [1.54, 1.807) is 0 Å². The summed E-state index contributed by atoms with van der Waals surface area (Å²) in [5.74, 6) is 0. The van der Waals surface area contributed by atoms with Crippen molar-refractivity contribution in [2.75, 3.05) is 0 Å². The van der Waals surface area contributed by atoms with Crippen molar-refractivity contribution in [1.29, 1.82) is 0 Å². The molecule has 0 saturated carbocycles. The lowest BCUT2D eigenvalue weighted by molar-refractivity contribution is 1.19. The monoisotopic (exact) mass is 245 g/mol. The van der Waals surface area contributed by atoms with Crippen LogP contribution in [0.3, 0.4) is 0 Å². The third kappa shape index (κ3) is 2.46. The van der Waals surface area contributed by atoms with E-state index in [2.05, 4.69) is 58.4 Å². The fraction of sp³-hybridized carbons (Fsp3) is 0.0769. The summed E-state index contributed by atoms with van der Waals surface area (Å²) in [6.07, 6.45) is 0.980. The molecule has 0 aliphatic rings. The van der Waals surface area contributed by atoms with Crippen molar-refractivity contribution in [3.8, 4) is 0 Å². The Hall–Kier alpha value is -1.08. The fourth-order valence-corrected chi connectivity index (χ4v) is 1.85. The molecule has 0 amide bonds. The minimum absolute atomic E-state index is 0.980. The summed E-state index contributed by atoms with van der Waals surface area (Å²) in [5.41, 5.74) is 2.65. The predicted molar refractivity (Wildman–Crippen MR) is 62.2 cm³/mol. The molecule has 0 aliphatic carbocycles. The van der Waals surface area contributed by atoms with Gasteiger partial charge in [0.05, 0.1) is 0 Å². The molecule has 0 nitrogen and oxygen atoms in total. The van der Waals surface area contributed by atoms with Gasteiger partial charge in [0, 0.05) is 4.47 Å². The molecule has 1 radical (unpaired) electrons. The predicted octanol–water partition coefficient (Wildman–Crippen LogP) is 3.84. The van der Waals surface area contributed by atoms with Crippen LogP contribution in [0.1, 0.15) is 11.1 Å². The molecule has 2 aromatic carbocycles. The summed E-state index contributed by atoms with van der Waals surface area (Å²) in [7, 11) is 0. The molecule has 0 atom stereocenters. The molecule has 0 fully saturated rings. The van der Waals surface area contributed by atoms with Gasteiger partial charge in [0.25, 0.3) is 0 Å². The Morgan fingerprint density at radius 3 is 2.50 bits per heavy atom. The molecular weight excluding hydrogens is 236 g/mol. The highest BCUT2D eigenvalue weighted by molar-refractivity contribution is 9.10. The molecular formula is C13H10Br. The zero-order valence-corrected chi connectivity index (χ0v) is 9.29. The normalized spacial score (nSPS) is 10.1. The maximum absolute atomic E-state index is 3.42. The van der Waals surface area contributed by atoms with Crippen LogP contribution in [0.2, 0.25) is 0 Å². The van der Waals surface area contributed by atoms with E-state index in [-0.39, 0.29) is 0 Å². The quantitative estimate of drug-likeness (QED) is 0.755. The second-order valence-electron chi connectivity index (χ2n) is 3.21. The SMILES string of the molecule is Brc1[c]ccc(Cc2ccccc2)c1. The van der Waals surface area contributed by atoms with E-state index in [1.807, 2.05) is 12.1 Å². The Bertz CT molecular complexity index is 407. The van der Waals surface area contributed by atoms with Crippen molar-refractivity contribution in [1.82, 2.24) is 0 Å². The van der Waals surface area contributed by atoms with Crippen molar-refractivity contribution in [2.24, 2.45) is 0 Å². The van der Waals surface area contributed by atoms with Crippen LogP contribution in [0.5, 0.6) is 0 Å². The first-order chi connectivity index (χ1) is 6.84. The molecule has 1 heteroatoms. The molecule has 0 spiro atoms. The summed E-state index contributed by atoms with van der Waals surface area (Å²) in [6, 6.07) is 19.7. The summed E-state index contributed by atoms with van der Waals surface area (Å²) >= 11 is 3.42. The molecule has 2 aromatic rings. The van der Waals surface area contributed by atoms with Gasteiger partial charge in [-0.05, 0) is 29.7 Å². The van der Waals surface area contributed by atoms with Crippen LogP contribution in [0.15, 0.2) is 53.0 Å². The zero-order valence-electron chi connectivity index (χ0n) is 7.70. The Morgan fingerprint density at radius 1 is 1.00 bits per heavy atom. The smallest absolute Gasteiger partial charge is 0.0256 e. The van der Waals surface area contributed by atoms with Crippen LogP contribution in [-0.4, -0.2) is 0 Å². The highest BCUT2D eigenvalue weighted by Gasteiger charge is 1.95. The largest absolute Gasteiger partial charge is 0.0622 e. The van der Waals surface area contributed by atoms with Gasteiger partial charge in [-0.3, -0.25) is 0 Å². The van der Waals surface area contributed by atoms with Gasteiger partial charge in [0.15, 0.2) is 0 Å². The average Bonchev–Trinajstić information content (AvgIpc) is 2.19.